The lowest BCUT2D eigenvalue weighted by atomic mass is 9.90. The average molecular weight is 140 g/mol. The van der Waals surface area contributed by atoms with Crippen molar-refractivity contribution in [3.8, 4) is 0 Å². The van der Waals surface area contributed by atoms with Crippen molar-refractivity contribution in [1.82, 2.24) is 0 Å². The predicted molar refractivity (Wildman–Crippen MR) is 38.6 cm³/mol. The van der Waals surface area contributed by atoms with Crippen LogP contribution in [0.4, 0.5) is 0 Å². The molecule has 0 saturated carbocycles. The van der Waals surface area contributed by atoms with E-state index >= 15 is 0 Å². The summed E-state index contributed by atoms with van der Waals surface area (Å²) in [6.07, 6.45) is 3.75. The maximum absolute atomic E-state index is 11.0. The van der Waals surface area contributed by atoms with Gasteiger partial charge in [0.1, 0.15) is 0 Å². The van der Waals surface area contributed by atoms with Crippen LogP contribution >= 0.6 is 0 Å². The largest absolute Gasteiger partial charge is 0.385 e. The minimum absolute atomic E-state index is 0.0486. The number of hydrogen-bond acceptors (Lipinski definition) is 2. The molecule has 0 fully saturated rings. The molecule has 0 amide bonds. The summed E-state index contributed by atoms with van der Waals surface area (Å²) in [5.74, 6) is -0.167. The molecule has 0 saturated heterocycles. The van der Waals surface area contributed by atoms with Gasteiger partial charge >= 0.3 is 0 Å². The molecule has 10 heavy (non-hydrogen) atoms. The second kappa shape index (κ2) is 2.20. The molecule has 0 radical (unpaired) electrons. The molecule has 1 N–H and O–H groups in total. The number of allylic oxidation sites excluding steroid dienone is 1. The van der Waals surface area contributed by atoms with Crippen molar-refractivity contribution in [3.05, 3.63) is 12.2 Å². The summed E-state index contributed by atoms with van der Waals surface area (Å²) >= 11 is 0. The summed E-state index contributed by atoms with van der Waals surface area (Å²) in [7, 11) is 0. The number of carbonyl (C=O) groups is 1. The Kier molecular flexibility index (Phi) is 1.65. The third-order valence-electron chi connectivity index (χ3n) is 2.04. The zero-order valence-corrected chi connectivity index (χ0v) is 6.29. The molecule has 0 aliphatic heterocycles. The van der Waals surface area contributed by atoms with Gasteiger partial charge in [0.05, 0.1) is 11.5 Å². The highest BCUT2D eigenvalue weighted by atomic mass is 16.3. The summed E-state index contributed by atoms with van der Waals surface area (Å²) in [5, 5.41) is 9.52. The summed E-state index contributed by atoms with van der Waals surface area (Å²) in [4.78, 5) is 11.0. The quantitative estimate of drug-likeness (QED) is 0.587. The van der Waals surface area contributed by atoms with Crippen molar-refractivity contribution in [2.24, 2.45) is 5.92 Å². The summed E-state index contributed by atoms with van der Waals surface area (Å²) in [6.45, 7) is 3.58. The van der Waals surface area contributed by atoms with Crippen LogP contribution in [-0.4, -0.2) is 16.5 Å². The number of rotatable bonds is 1. The molecular weight excluding hydrogens is 128 g/mol. The molecule has 56 valence electrons. The van der Waals surface area contributed by atoms with E-state index < -0.39 is 5.60 Å². The molecule has 0 spiro atoms. The zero-order chi connectivity index (χ0) is 7.78. The Bertz CT molecular complexity index is 180. The van der Waals surface area contributed by atoms with Gasteiger partial charge in [-0.05, 0) is 25.5 Å². The summed E-state index contributed by atoms with van der Waals surface area (Å²) in [6, 6.07) is 0. The smallest absolute Gasteiger partial charge is 0.161 e. The van der Waals surface area contributed by atoms with Crippen molar-refractivity contribution < 1.29 is 9.90 Å². The molecule has 0 bridgehead atoms. The Labute approximate surface area is 60.6 Å². The van der Waals surface area contributed by atoms with Crippen LogP contribution in [0.15, 0.2) is 12.2 Å². The fourth-order valence-electron chi connectivity index (χ4n) is 1.39. The zero-order valence-electron chi connectivity index (χ0n) is 6.29. The molecule has 0 aromatic heterocycles. The first-order valence-corrected chi connectivity index (χ1v) is 3.53. The van der Waals surface area contributed by atoms with Gasteiger partial charge in [0.15, 0.2) is 5.78 Å². The molecule has 1 rings (SSSR count). The maximum Gasteiger partial charge on any atom is 0.161 e. The highest BCUT2D eigenvalue weighted by Gasteiger charge is 2.36. The molecule has 2 nitrogen and oxygen atoms in total. The van der Waals surface area contributed by atoms with Crippen molar-refractivity contribution >= 4 is 5.78 Å². The molecule has 0 aromatic carbocycles. The van der Waals surface area contributed by atoms with E-state index in [1.165, 1.54) is 6.08 Å². The minimum atomic E-state index is -0.897. The fourth-order valence-corrected chi connectivity index (χ4v) is 1.39. The van der Waals surface area contributed by atoms with E-state index in [1.807, 2.05) is 6.92 Å². The third-order valence-corrected chi connectivity index (χ3v) is 2.04. The highest BCUT2D eigenvalue weighted by Crippen LogP contribution is 2.28. The van der Waals surface area contributed by atoms with Crippen LogP contribution in [0.25, 0.3) is 0 Å². The lowest BCUT2D eigenvalue weighted by Gasteiger charge is -2.21. The van der Waals surface area contributed by atoms with Crippen LogP contribution in [0.1, 0.15) is 20.3 Å². The SMILES string of the molecule is CCC1C(=O)C=CC1(C)O. The van der Waals surface area contributed by atoms with Gasteiger partial charge in [-0.25, -0.2) is 0 Å². The van der Waals surface area contributed by atoms with Gasteiger partial charge < -0.3 is 5.11 Å². The third kappa shape index (κ3) is 0.991. The molecule has 0 aromatic rings. The Morgan fingerprint density at radius 3 is 2.60 bits per heavy atom. The second-order valence-corrected chi connectivity index (χ2v) is 2.92. The first-order valence-electron chi connectivity index (χ1n) is 3.53. The molecule has 2 unspecified atom stereocenters. The summed E-state index contributed by atoms with van der Waals surface area (Å²) in [5.41, 5.74) is -0.897. The topological polar surface area (TPSA) is 37.3 Å². The first kappa shape index (κ1) is 7.48. The standard InChI is InChI=1S/C8H12O2/c1-3-6-7(9)4-5-8(6,2)10/h4-6,10H,3H2,1-2H3. The molecule has 2 heteroatoms. The Balaban J connectivity index is 2.82. The van der Waals surface area contributed by atoms with E-state index in [2.05, 4.69) is 0 Å². The van der Waals surface area contributed by atoms with Crippen LogP contribution in [0.3, 0.4) is 0 Å². The van der Waals surface area contributed by atoms with Crippen LogP contribution < -0.4 is 0 Å². The maximum atomic E-state index is 11.0. The van der Waals surface area contributed by atoms with Crippen molar-refractivity contribution in [1.29, 1.82) is 0 Å². The van der Waals surface area contributed by atoms with E-state index in [0.29, 0.717) is 6.42 Å². The predicted octanol–water partition coefficient (Wildman–Crippen LogP) is 0.902. The fraction of sp³-hybridized carbons (Fsp3) is 0.625. The number of aliphatic hydroxyl groups is 1. The van der Waals surface area contributed by atoms with Crippen molar-refractivity contribution in [3.63, 3.8) is 0 Å². The van der Waals surface area contributed by atoms with Crippen molar-refractivity contribution in [2.75, 3.05) is 0 Å². The van der Waals surface area contributed by atoms with E-state index in [4.69, 9.17) is 0 Å². The van der Waals surface area contributed by atoms with E-state index in [-0.39, 0.29) is 11.7 Å². The monoisotopic (exact) mass is 140 g/mol. The number of carbonyl (C=O) groups excluding carboxylic acids is 1. The Hall–Kier alpha value is -0.630. The van der Waals surface area contributed by atoms with E-state index in [9.17, 15) is 9.90 Å². The first-order chi connectivity index (χ1) is 4.58. The van der Waals surface area contributed by atoms with Gasteiger partial charge in [-0.2, -0.15) is 0 Å². The second-order valence-electron chi connectivity index (χ2n) is 2.92. The lowest BCUT2D eigenvalue weighted by molar-refractivity contribution is -0.121. The molecule has 1 aliphatic rings. The van der Waals surface area contributed by atoms with Crippen LogP contribution in [0, 0.1) is 5.92 Å². The highest BCUT2D eigenvalue weighted by molar-refractivity contribution is 5.95. The Morgan fingerprint density at radius 1 is 1.80 bits per heavy atom. The Morgan fingerprint density at radius 2 is 2.40 bits per heavy atom. The van der Waals surface area contributed by atoms with Crippen LogP contribution in [0.2, 0.25) is 0 Å². The van der Waals surface area contributed by atoms with Gasteiger partial charge in [0, 0.05) is 0 Å². The van der Waals surface area contributed by atoms with Gasteiger partial charge in [-0.3, -0.25) is 4.79 Å². The normalized spacial score (nSPS) is 39.1. The number of hydrogen-bond donors (Lipinski definition) is 1. The van der Waals surface area contributed by atoms with Crippen molar-refractivity contribution in [2.45, 2.75) is 25.9 Å². The number of ketones is 1. The molecule has 0 heterocycles. The van der Waals surface area contributed by atoms with Gasteiger partial charge in [0.2, 0.25) is 0 Å². The van der Waals surface area contributed by atoms with Gasteiger partial charge in [-0.15, -0.1) is 0 Å². The van der Waals surface area contributed by atoms with Gasteiger partial charge in [0.25, 0.3) is 0 Å². The van der Waals surface area contributed by atoms with E-state index in [1.54, 1.807) is 13.0 Å². The van der Waals surface area contributed by atoms with E-state index in [0.717, 1.165) is 0 Å². The molecular formula is C8H12O2. The molecule has 1 aliphatic carbocycles. The minimum Gasteiger partial charge on any atom is -0.385 e. The van der Waals surface area contributed by atoms with Crippen LogP contribution in [-0.2, 0) is 4.79 Å². The van der Waals surface area contributed by atoms with Crippen LogP contribution in [0.5, 0.6) is 0 Å². The summed E-state index contributed by atoms with van der Waals surface area (Å²) < 4.78 is 0. The molecule has 2 atom stereocenters. The average Bonchev–Trinajstić information content (AvgIpc) is 2.07. The lowest BCUT2D eigenvalue weighted by Crippen LogP contribution is -2.31. The van der Waals surface area contributed by atoms with Gasteiger partial charge in [-0.1, -0.05) is 6.92 Å².